The summed E-state index contributed by atoms with van der Waals surface area (Å²) >= 11 is 0. The van der Waals surface area contributed by atoms with E-state index in [0.717, 1.165) is 52.7 Å². The first-order chi connectivity index (χ1) is 15.4. The molecule has 0 aliphatic heterocycles. The van der Waals surface area contributed by atoms with E-state index in [4.69, 9.17) is 10.5 Å². The first-order valence-electron chi connectivity index (χ1n) is 11.5. The second-order valence-corrected chi connectivity index (χ2v) is 10.1. The summed E-state index contributed by atoms with van der Waals surface area (Å²) in [6.07, 6.45) is 3.03. The molecule has 5 nitrogen and oxygen atoms in total. The molecule has 3 aliphatic carbocycles. The lowest BCUT2D eigenvalue weighted by Gasteiger charge is -2.31. The van der Waals surface area contributed by atoms with E-state index in [2.05, 4.69) is 17.1 Å². The molecule has 0 saturated heterocycles. The minimum atomic E-state index is -0.682. The van der Waals surface area contributed by atoms with Crippen molar-refractivity contribution in [1.29, 1.82) is 0 Å². The summed E-state index contributed by atoms with van der Waals surface area (Å²) in [5, 5.41) is 11.4. The number of ketones is 1. The Bertz CT molecular complexity index is 1220. The molecule has 6 rings (SSSR count). The van der Waals surface area contributed by atoms with Crippen molar-refractivity contribution >= 4 is 16.7 Å². The summed E-state index contributed by atoms with van der Waals surface area (Å²) in [6, 6.07) is 18.2. The van der Waals surface area contributed by atoms with Crippen LogP contribution in [-0.4, -0.2) is 27.0 Å². The van der Waals surface area contributed by atoms with Crippen LogP contribution in [0.2, 0.25) is 0 Å². The monoisotopic (exact) mass is 428 g/mol. The van der Waals surface area contributed by atoms with Crippen molar-refractivity contribution in [2.75, 3.05) is 0 Å². The molecule has 3 aromatic rings. The Balaban J connectivity index is 1.09. The molecular weight excluding hydrogens is 400 g/mol. The van der Waals surface area contributed by atoms with Crippen LogP contribution in [0.25, 0.3) is 10.9 Å². The van der Waals surface area contributed by atoms with Crippen LogP contribution >= 0.6 is 0 Å². The van der Waals surface area contributed by atoms with Crippen LogP contribution in [-0.2, 0) is 17.8 Å². The molecule has 1 aromatic heterocycles. The number of aliphatic hydroxyl groups is 1. The number of rotatable bonds is 7. The van der Waals surface area contributed by atoms with Gasteiger partial charge in [0.2, 0.25) is 0 Å². The van der Waals surface area contributed by atoms with Crippen molar-refractivity contribution < 1.29 is 14.6 Å². The van der Waals surface area contributed by atoms with Crippen molar-refractivity contribution in [3.63, 3.8) is 0 Å². The molecule has 0 spiro atoms. The zero-order chi connectivity index (χ0) is 22.1. The molecule has 3 N–H and O–H groups in total. The van der Waals surface area contributed by atoms with Gasteiger partial charge >= 0.3 is 0 Å². The third-order valence-electron chi connectivity index (χ3n) is 7.83. The molecule has 0 radical (unpaired) electrons. The van der Waals surface area contributed by atoms with Gasteiger partial charge in [-0.05, 0) is 68.4 Å². The van der Waals surface area contributed by atoms with Gasteiger partial charge in [-0.15, -0.1) is 0 Å². The molecule has 3 unspecified atom stereocenters. The highest BCUT2D eigenvalue weighted by atomic mass is 16.5. The van der Waals surface area contributed by atoms with Crippen molar-refractivity contribution in [1.82, 2.24) is 4.98 Å². The Labute approximate surface area is 187 Å². The largest absolute Gasteiger partial charge is 0.489 e. The number of hydrogen-bond acceptors (Lipinski definition) is 5. The number of aromatic nitrogens is 1. The first kappa shape index (κ1) is 19.9. The number of benzene rings is 2. The van der Waals surface area contributed by atoms with E-state index in [-0.39, 0.29) is 17.6 Å². The van der Waals surface area contributed by atoms with Crippen molar-refractivity contribution in [2.24, 2.45) is 23.5 Å². The zero-order valence-corrected chi connectivity index (χ0v) is 18.3. The number of pyridine rings is 1. The summed E-state index contributed by atoms with van der Waals surface area (Å²) in [4.78, 5) is 17.3. The summed E-state index contributed by atoms with van der Waals surface area (Å²) in [5.41, 5.74) is 9.58. The number of carbonyl (C=O) groups excluding carboxylic acids is 1. The number of Topliss-reactive ketones (excluding diaryl/α,β-unsaturated/α-hetero) is 1. The molecule has 32 heavy (non-hydrogen) atoms. The standard InChI is InChI=1S/C27H28N2O3/c1-16-10-18(21-4-2-3-5-24(21)29-16)15-32-20-8-6-17(7-9-20)12-26(28)14-23(26)25(30)22-11-19-13-27(19,22)31/h2-10,19,22-23,31H,11-15,28H2,1H3/t19?,22?,23-,26+,27?/m1/s1. The van der Waals surface area contributed by atoms with Crippen LogP contribution in [0.15, 0.2) is 54.6 Å². The van der Waals surface area contributed by atoms with E-state index in [9.17, 15) is 9.90 Å². The Hall–Kier alpha value is -2.76. The average molecular weight is 429 g/mol. The maximum Gasteiger partial charge on any atom is 0.143 e. The average Bonchev–Trinajstić information content (AvgIpc) is 3.60. The van der Waals surface area contributed by atoms with Gasteiger partial charge in [-0.3, -0.25) is 9.78 Å². The van der Waals surface area contributed by atoms with Gasteiger partial charge in [-0.2, -0.15) is 0 Å². The van der Waals surface area contributed by atoms with E-state index in [1.807, 2.05) is 49.4 Å². The molecule has 164 valence electrons. The van der Waals surface area contributed by atoms with E-state index in [0.29, 0.717) is 18.9 Å². The van der Waals surface area contributed by atoms with Crippen LogP contribution in [0.3, 0.4) is 0 Å². The lowest BCUT2D eigenvalue weighted by atomic mass is 9.76. The van der Waals surface area contributed by atoms with Gasteiger partial charge in [0.05, 0.1) is 11.1 Å². The SMILES string of the molecule is Cc1cc(COc2ccc(C[C@]3(N)C[C@@H]3C(=O)C3CC4CC43O)cc2)c2ccccc2n1. The normalized spacial score (nSPS) is 32.2. The van der Waals surface area contributed by atoms with E-state index in [1.54, 1.807) is 0 Å². The van der Waals surface area contributed by atoms with E-state index >= 15 is 0 Å². The smallest absolute Gasteiger partial charge is 0.143 e. The van der Waals surface area contributed by atoms with Crippen molar-refractivity contribution in [3.05, 3.63) is 71.4 Å². The topological polar surface area (TPSA) is 85.4 Å². The number of nitrogens with two attached hydrogens (primary N) is 1. The van der Waals surface area contributed by atoms with Gasteiger partial charge in [0.25, 0.3) is 0 Å². The third-order valence-corrected chi connectivity index (χ3v) is 7.83. The number of hydrogen-bond donors (Lipinski definition) is 2. The highest BCUT2D eigenvalue weighted by molar-refractivity contribution is 5.90. The summed E-state index contributed by atoms with van der Waals surface area (Å²) in [5.74, 6) is 1.06. The highest BCUT2D eigenvalue weighted by Crippen LogP contribution is 2.65. The highest BCUT2D eigenvalue weighted by Gasteiger charge is 2.72. The second kappa shape index (κ2) is 6.87. The van der Waals surface area contributed by atoms with E-state index in [1.165, 1.54) is 0 Å². The second-order valence-electron chi connectivity index (χ2n) is 10.1. The fraction of sp³-hybridized carbons (Fsp3) is 0.407. The minimum absolute atomic E-state index is 0.114. The minimum Gasteiger partial charge on any atom is -0.489 e. The van der Waals surface area contributed by atoms with Gasteiger partial charge in [0, 0.05) is 34.0 Å². The van der Waals surface area contributed by atoms with Crippen molar-refractivity contribution in [2.45, 2.75) is 50.4 Å². The lowest BCUT2D eigenvalue weighted by Crippen LogP contribution is -2.43. The van der Waals surface area contributed by atoms with Crippen molar-refractivity contribution in [3.8, 4) is 5.75 Å². The molecule has 3 fully saturated rings. The zero-order valence-electron chi connectivity index (χ0n) is 18.3. The molecular formula is C27H28N2O3. The lowest BCUT2D eigenvalue weighted by molar-refractivity contribution is -0.135. The maximum atomic E-state index is 12.8. The Morgan fingerprint density at radius 1 is 1.16 bits per heavy atom. The Morgan fingerprint density at radius 2 is 1.94 bits per heavy atom. The molecule has 5 heteroatoms. The molecule has 3 aliphatic rings. The van der Waals surface area contributed by atoms with Gasteiger partial charge < -0.3 is 15.6 Å². The Kier molecular flexibility index (Phi) is 4.27. The Morgan fingerprint density at radius 3 is 2.66 bits per heavy atom. The number of nitrogens with zero attached hydrogens (tertiary/aromatic N) is 1. The van der Waals surface area contributed by atoms with Crippen LogP contribution in [0.4, 0.5) is 0 Å². The van der Waals surface area contributed by atoms with Crippen LogP contribution in [0.5, 0.6) is 5.75 Å². The number of para-hydroxylation sites is 1. The van der Waals surface area contributed by atoms with Gasteiger partial charge in [-0.25, -0.2) is 0 Å². The van der Waals surface area contributed by atoms with Gasteiger partial charge in [0.1, 0.15) is 18.1 Å². The van der Waals surface area contributed by atoms with Crippen LogP contribution < -0.4 is 10.5 Å². The third kappa shape index (κ3) is 3.23. The summed E-state index contributed by atoms with van der Waals surface area (Å²) < 4.78 is 6.06. The molecule has 5 atom stereocenters. The maximum absolute atomic E-state index is 12.8. The van der Waals surface area contributed by atoms with Crippen LogP contribution in [0.1, 0.15) is 36.1 Å². The van der Waals surface area contributed by atoms with Gasteiger partial charge in [-0.1, -0.05) is 30.3 Å². The number of aryl methyl sites for hydroxylation is 1. The quantitative estimate of drug-likeness (QED) is 0.599. The van der Waals surface area contributed by atoms with Crippen LogP contribution in [0, 0.1) is 24.7 Å². The predicted octanol–water partition coefficient (Wildman–Crippen LogP) is 3.72. The molecule has 2 aromatic carbocycles. The molecule has 0 amide bonds. The summed E-state index contributed by atoms with van der Waals surface area (Å²) in [7, 11) is 0. The fourth-order valence-electron chi connectivity index (χ4n) is 5.64. The molecule has 3 saturated carbocycles. The molecule has 0 bridgehead atoms. The first-order valence-corrected chi connectivity index (χ1v) is 11.5. The molecule has 1 heterocycles. The van der Waals surface area contributed by atoms with Gasteiger partial charge in [0.15, 0.2) is 0 Å². The number of fused-ring (bicyclic) bond motifs is 2. The van der Waals surface area contributed by atoms with E-state index < -0.39 is 11.1 Å². The number of carbonyl (C=O) groups is 1. The fourth-order valence-corrected chi connectivity index (χ4v) is 5.64. The number of ether oxygens (including phenoxy) is 1. The predicted molar refractivity (Wildman–Crippen MR) is 122 cm³/mol. The summed E-state index contributed by atoms with van der Waals surface area (Å²) in [6.45, 7) is 2.48.